The van der Waals surface area contributed by atoms with E-state index in [0.717, 1.165) is 22.9 Å². The van der Waals surface area contributed by atoms with Gasteiger partial charge in [-0.1, -0.05) is 29.8 Å². The molecule has 0 atom stereocenters. The van der Waals surface area contributed by atoms with Crippen molar-refractivity contribution < 1.29 is 9.47 Å². The molecule has 0 saturated carbocycles. The van der Waals surface area contributed by atoms with E-state index in [-0.39, 0.29) is 0 Å². The maximum atomic E-state index is 6.14. The Labute approximate surface area is 135 Å². The van der Waals surface area contributed by atoms with Gasteiger partial charge in [0.15, 0.2) is 11.5 Å². The van der Waals surface area contributed by atoms with Crippen molar-refractivity contribution in [3.63, 3.8) is 0 Å². The molecule has 0 aliphatic rings. The lowest BCUT2D eigenvalue weighted by atomic mass is 10.0. The number of methoxy groups -OCH3 is 2. The molecule has 0 saturated heterocycles. The maximum Gasteiger partial charge on any atom is 0.162 e. The van der Waals surface area contributed by atoms with Gasteiger partial charge >= 0.3 is 0 Å². The number of hydrogen-bond donors (Lipinski definition) is 1. The zero-order chi connectivity index (χ0) is 16.4. The number of fused-ring (bicyclic) bond motifs is 1. The van der Waals surface area contributed by atoms with Crippen LogP contribution in [0.25, 0.3) is 10.9 Å². The Hall–Kier alpha value is -2.75. The van der Waals surface area contributed by atoms with Crippen molar-refractivity contribution in [1.29, 1.82) is 0 Å². The van der Waals surface area contributed by atoms with Crippen LogP contribution in [0.3, 0.4) is 0 Å². The number of benzene rings is 2. The minimum Gasteiger partial charge on any atom is -0.493 e. The number of anilines is 1. The molecule has 4 heteroatoms. The second-order valence-electron chi connectivity index (χ2n) is 5.60. The topological polar surface area (TPSA) is 57.4 Å². The summed E-state index contributed by atoms with van der Waals surface area (Å²) in [6.07, 6.45) is 0.753. The van der Waals surface area contributed by atoms with Gasteiger partial charge in [0, 0.05) is 17.9 Å². The van der Waals surface area contributed by atoms with Crippen molar-refractivity contribution in [1.82, 2.24) is 4.98 Å². The van der Waals surface area contributed by atoms with Crippen LogP contribution >= 0.6 is 0 Å². The average Bonchev–Trinajstić information content (AvgIpc) is 2.56. The van der Waals surface area contributed by atoms with E-state index in [0.29, 0.717) is 17.3 Å². The van der Waals surface area contributed by atoms with Crippen LogP contribution in [-0.4, -0.2) is 19.2 Å². The van der Waals surface area contributed by atoms with Crippen LogP contribution in [-0.2, 0) is 6.42 Å². The summed E-state index contributed by atoms with van der Waals surface area (Å²) < 4.78 is 10.7. The van der Waals surface area contributed by atoms with Crippen molar-refractivity contribution in [2.75, 3.05) is 20.0 Å². The number of rotatable bonds is 4. The summed E-state index contributed by atoms with van der Waals surface area (Å²) in [6.45, 7) is 2.08. The van der Waals surface area contributed by atoms with Crippen LogP contribution in [0, 0.1) is 6.92 Å². The van der Waals surface area contributed by atoms with Crippen molar-refractivity contribution in [3.8, 4) is 11.5 Å². The second kappa shape index (κ2) is 6.16. The van der Waals surface area contributed by atoms with Gasteiger partial charge in [-0.2, -0.15) is 0 Å². The molecule has 0 radical (unpaired) electrons. The summed E-state index contributed by atoms with van der Waals surface area (Å²) in [6, 6.07) is 14.3. The van der Waals surface area contributed by atoms with Crippen molar-refractivity contribution >= 4 is 16.7 Å². The third kappa shape index (κ3) is 3.06. The molecule has 2 N–H and O–H groups in total. The van der Waals surface area contributed by atoms with Gasteiger partial charge in [0.25, 0.3) is 0 Å². The number of pyridine rings is 1. The van der Waals surface area contributed by atoms with Crippen LogP contribution in [0.2, 0.25) is 0 Å². The van der Waals surface area contributed by atoms with Gasteiger partial charge in [0.05, 0.1) is 19.7 Å². The highest BCUT2D eigenvalue weighted by Crippen LogP contribution is 2.33. The predicted molar refractivity (Wildman–Crippen MR) is 93.2 cm³/mol. The molecule has 0 aliphatic heterocycles. The fraction of sp³-hybridized carbons (Fsp3) is 0.211. The van der Waals surface area contributed by atoms with Crippen LogP contribution in [0.15, 0.2) is 42.5 Å². The number of nitrogens with zero attached hydrogens (tertiary/aromatic N) is 1. The smallest absolute Gasteiger partial charge is 0.162 e. The summed E-state index contributed by atoms with van der Waals surface area (Å²) in [5.74, 6) is 1.89. The Bertz CT molecular complexity index is 842. The minimum atomic E-state index is 0.547. The largest absolute Gasteiger partial charge is 0.493 e. The molecule has 0 unspecified atom stereocenters. The SMILES string of the molecule is COc1cc2cc(Cc3ccc(C)cc3)c(N)nc2cc1OC. The number of nitrogens with two attached hydrogens (primary N) is 1. The first-order chi connectivity index (χ1) is 11.1. The molecule has 3 aromatic rings. The zero-order valence-electron chi connectivity index (χ0n) is 13.6. The normalized spacial score (nSPS) is 10.7. The highest BCUT2D eigenvalue weighted by atomic mass is 16.5. The van der Waals surface area contributed by atoms with Crippen molar-refractivity contribution in [3.05, 3.63) is 59.2 Å². The zero-order valence-corrected chi connectivity index (χ0v) is 13.6. The summed E-state index contributed by atoms with van der Waals surface area (Å²) in [5.41, 5.74) is 10.4. The van der Waals surface area contributed by atoms with Crippen LogP contribution in [0.4, 0.5) is 5.82 Å². The number of aromatic nitrogens is 1. The monoisotopic (exact) mass is 308 g/mol. The van der Waals surface area contributed by atoms with Crippen LogP contribution in [0.5, 0.6) is 11.5 Å². The molecule has 0 fully saturated rings. The molecular weight excluding hydrogens is 288 g/mol. The highest BCUT2D eigenvalue weighted by molar-refractivity contribution is 5.85. The van der Waals surface area contributed by atoms with E-state index in [2.05, 4.69) is 42.2 Å². The fourth-order valence-corrected chi connectivity index (χ4v) is 2.63. The van der Waals surface area contributed by atoms with Gasteiger partial charge < -0.3 is 15.2 Å². The first-order valence-corrected chi connectivity index (χ1v) is 7.47. The molecule has 0 amide bonds. The number of nitrogen functional groups attached to an aromatic ring is 1. The van der Waals surface area contributed by atoms with Gasteiger partial charge in [0.2, 0.25) is 0 Å². The van der Waals surface area contributed by atoms with E-state index >= 15 is 0 Å². The lowest BCUT2D eigenvalue weighted by Crippen LogP contribution is -2.00. The lowest BCUT2D eigenvalue weighted by molar-refractivity contribution is 0.356. The summed E-state index contributed by atoms with van der Waals surface area (Å²) >= 11 is 0. The van der Waals surface area contributed by atoms with E-state index in [1.54, 1.807) is 14.2 Å². The first-order valence-electron chi connectivity index (χ1n) is 7.47. The molecule has 4 nitrogen and oxygen atoms in total. The molecule has 1 aromatic heterocycles. The van der Waals surface area contributed by atoms with Gasteiger partial charge in [-0.15, -0.1) is 0 Å². The van der Waals surface area contributed by atoms with Gasteiger partial charge in [0.1, 0.15) is 5.82 Å². The Kier molecular flexibility index (Phi) is 4.06. The van der Waals surface area contributed by atoms with Crippen LogP contribution < -0.4 is 15.2 Å². The van der Waals surface area contributed by atoms with Gasteiger partial charge in [-0.3, -0.25) is 0 Å². The Balaban J connectivity index is 2.04. The summed E-state index contributed by atoms with van der Waals surface area (Å²) in [5, 5.41) is 0.985. The molecular formula is C19H20N2O2. The minimum absolute atomic E-state index is 0.547. The molecule has 2 aromatic carbocycles. The maximum absolute atomic E-state index is 6.14. The first kappa shape index (κ1) is 15.2. The summed E-state index contributed by atoms with van der Waals surface area (Å²) in [7, 11) is 3.24. The van der Waals surface area contributed by atoms with E-state index in [1.165, 1.54) is 11.1 Å². The van der Waals surface area contributed by atoms with E-state index in [4.69, 9.17) is 15.2 Å². The number of aryl methyl sites for hydroxylation is 1. The average molecular weight is 308 g/mol. The molecule has 0 spiro atoms. The van der Waals surface area contributed by atoms with Gasteiger partial charge in [-0.05, 0) is 30.2 Å². The Morgan fingerprint density at radius 1 is 0.957 bits per heavy atom. The van der Waals surface area contributed by atoms with E-state index in [9.17, 15) is 0 Å². The standard InChI is InChI=1S/C19H20N2O2/c1-12-4-6-13(7-5-12)8-15-9-14-10-17(22-2)18(23-3)11-16(14)21-19(15)20/h4-7,9-11H,8H2,1-3H3,(H2,20,21). The van der Waals surface area contributed by atoms with Crippen molar-refractivity contribution in [2.45, 2.75) is 13.3 Å². The van der Waals surface area contributed by atoms with E-state index in [1.807, 2.05) is 12.1 Å². The summed E-state index contributed by atoms with van der Waals surface area (Å²) in [4.78, 5) is 4.52. The molecule has 118 valence electrons. The third-order valence-electron chi connectivity index (χ3n) is 3.95. The Morgan fingerprint density at radius 2 is 1.61 bits per heavy atom. The predicted octanol–water partition coefficient (Wildman–Crippen LogP) is 3.73. The second-order valence-corrected chi connectivity index (χ2v) is 5.60. The molecule has 23 heavy (non-hydrogen) atoms. The quantitative estimate of drug-likeness (QED) is 0.798. The highest BCUT2D eigenvalue weighted by Gasteiger charge is 2.10. The van der Waals surface area contributed by atoms with Crippen LogP contribution in [0.1, 0.15) is 16.7 Å². The van der Waals surface area contributed by atoms with E-state index < -0.39 is 0 Å². The Morgan fingerprint density at radius 3 is 2.26 bits per heavy atom. The third-order valence-corrected chi connectivity index (χ3v) is 3.95. The number of ether oxygens (including phenoxy) is 2. The van der Waals surface area contributed by atoms with Gasteiger partial charge in [-0.25, -0.2) is 4.98 Å². The fourth-order valence-electron chi connectivity index (χ4n) is 2.63. The lowest BCUT2D eigenvalue weighted by Gasteiger charge is -2.11. The molecule has 0 aliphatic carbocycles. The number of hydrogen-bond acceptors (Lipinski definition) is 4. The molecule has 3 rings (SSSR count). The molecule has 0 bridgehead atoms. The molecule has 1 heterocycles. The van der Waals surface area contributed by atoms with Crippen molar-refractivity contribution in [2.24, 2.45) is 0 Å².